The number of para-hydroxylation sites is 1. The molecular weight excluding hydrogens is 206 g/mol. The van der Waals surface area contributed by atoms with Gasteiger partial charge in [-0.25, -0.2) is 0 Å². The molecule has 1 aromatic rings. The lowest BCUT2D eigenvalue weighted by molar-refractivity contribution is -0.383. The van der Waals surface area contributed by atoms with Crippen LogP contribution in [0.4, 0.5) is 17.1 Å². The lowest BCUT2D eigenvalue weighted by Gasteiger charge is -2.22. The average Bonchev–Trinajstić information content (AvgIpc) is 2.25. The zero-order valence-electron chi connectivity index (χ0n) is 9.64. The predicted octanol–water partition coefficient (Wildman–Crippen LogP) is 2.41. The molecule has 88 valence electrons. The van der Waals surface area contributed by atoms with Crippen LogP contribution in [0.1, 0.15) is 20.3 Å². The highest BCUT2D eigenvalue weighted by molar-refractivity contribution is 5.75. The molecule has 0 aliphatic carbocycles. The van der Waals surface area contributed by atoms with Gasteiger partial charge in [-0.1, -0.05) is 13.0 Å². The molecule has 2 N–H and O–H groups in total. The van der Waals surface area contributed by atoms with Gasteiger partial charge in [0, 0.05) is 13.1 Å². The largest absolute Gasteiger partial charge is 0.393 e. The highest BCUT2D eigenvalue weighted by Gasteiger charge is 2.20. The van der Waals surface area contributed by atoms with Gasteiger partial charge >= 0.3 is 5.69 Å². The van der Waals surface area contributed by atoms with E-state index in [-0.39, 0.29) is 11.4 Å². The molecule has 1 aromatic carbocycles. The topological polar surface area (TPSA) is 72.4 Å². The average molecular weight is 223 g/mol. The highest BCUT2D eigenvalue weighted by atomic mass is 16.6. The van der Waals surface area contributed by atoms with Gasteiger partial charge in [0.1, 0.15) is 11.4 Å². The van der Waals surface area contributed by atoms with Crippen molar-refractivity contribution < 1.29 is 4.92 Å². The standard InChI is InChI=1S/C11H17N3O2/c1-3-8-13(4-2)10-7-5-6-9(12)11(10)14(15)16/h5-7H,3-4,8,12H2,1-2H3. The number of benzene rings is 1. The van der Waals surface area contributed by atoms with Crippen molar-refractivity contribution in [1.29, 1.82) is 0 Å². The van der Waals surface area contributed by atoms with Crippen molar-refractivity contribution in [3.05, 3.63) is 28.3 Å². The Labute approximate surface area is 95.0 Å². The Balaban J connectivity index is 3.20. The second-order valence-electron chi connectivity index (χ2n) is 3.55. The summed E-state index contributed by atoms with van der Waals surface area (Å²) >= 11 is 0. The Hall–Kier alpha value is -1.78. The van der Waals surface area contributed by atoms with Gasteiger partial charge in [0.2, 0.25) is 0 Å². The molecule has 0 aromatic heterocycles. The second-order valence-corrected chi connectivity index (χ2v) is 3.55. The Morgan fingerprint density at radius 3 is 2.62 bits per heavy atom. The fraction of sp³-hybridized carbons (Fsp3) is 0.455. The van der Waals surface area contributed by atoms with Crippen LogP contribution in [0.25, 0.3) is 0 Å². The fourth-order valence-corrected chi connectivity index (χ4v) is 1.72. The maximum absolute atomic E-state index is 11.0. The number of hydrogen-bond donors (Lipinski definition) is 1. The minimum atomic E-state index is -0.414. The molecule has 0 aliphatic heterocycles. The van der Waals surface area contributed by atoms with Crippen LogP contribution in [0.2, 0.25) is 0 Å². The lowest BCUT2D eigenvalue weighted by Crippen LogP contribution is -2.24. The normalized spacial score (nSPS) is 10.1. The Bertz CT molecular complexity index is 379. The molecule has 0 heterocycles. The number of anilines is 2. The van der Waals surface area contributed by atoms with Gasteiger partial charge in [0.15, 0.2) is 0 Å². The number of nitrogens with zero attached hydrogens (tertiary/aromatic N) is 2. The van der Waals surface area contributed by atoms with E-state index in [0.29, 0.717) is 5.69 Å². The van der Waals surface area contributed by atoms with Crippen molar-refractivity contribution >= 4 is 17.1 Å². The van der Waals surface area contributed by atoms with Gasteiger partial charge in [-0.2, -0.15) is 0 Å². The Morgan fingerprint density at radius 2 is 2.12 bits per heavy atom. The quantitative estimate of drug-likeness (QED) is 0.472. The maximum Gasteiger partial charge on any atom is 0.315 e. The van der Waals surface area contributed by atoms with Crippen molar-refractivity contribution in [1.82, 2.24) is 0 Å². The first-order chi connectivity index (χ1) is 7.61. The van der Waals surface area contributed by atoms with Crippen LogP contribution >= 0.6 is 0 Å². The van der Waals surface area contributed by atoms with Crippen molar-refractivity contribution in [2.24, 2.45) is 0 Å². The van der Waals surface area contributed by atoms with Gasteiger partial charge < -0.3 is 10.6 Å². The first-order valence-corrected chi connectivity index (χ1v) is 5.39. The molecule has 0 unspecified atom stereocenters. The molecule has 0 aliphatic rings. The minimum Gasteiger partial charge on any atom is -0.393 e. The Kier molecular flexibility index (Phi) is 4.10. The van der Waals surface area contributed by atoms with E-state index in [1.807, 2.05) is 18.7 Å². The van der Waals surface area contributed by atoms with Crippen molar-refractivity contribution in [3.8, 4) is 0 Å². The number of rotatable bonds is 5. The Morgan fingerprint density at radius 1 is 1.44 bits per heavy atom. The summed E-state index contributed by atoms with van der Waals surface area (Å²) in [6.07, 6.45) is 0.944. The third kappa shape index (κ3) is 2.42. The van der Waals surface area contributed by atoms with Gasteiger partial charge in [-0.3, -0.25) is 10.1 Å². The van der Waals surface area contributed by atoms with E-state index in [9.17, 15) is 10.1 Å². The van der Waals surface area contributed by atoms with Crippen LogP contribution < -0.4 is 10.6 Å². The third-order valence-electron chi connectivity index (χ3n) is 2.44. The zero-order chi connectivity index (χ0) is 12.1. The molecule has 0 spiro atoms. The monoisotopic (exact) mass is 223 g/mol. The summed E-state index contributed by atoms with van der Waals surface area (Å²) in [6, 6.07) is 5.05. The number of nitrogen functional groups attached to an aromatic ring is 1. The van der Waals surface area contributed by atoms with Crippen LogP contribution in [-0.2, 0) is 0 Å². The van der Waals surface area contributed by atoms with Gasteiger partial charge in [-0.05, 0) is 25.5 Å². The molecule has 0 radical (unpaired) electrons. The van der Waals surface area contributed by atoms with E-state index < -0.39 is 4.92 Å². The number of hydrogen-bond acceptors (Lipinski definition) is 4. The van der Waals surface area contributed by atoms with Crippen LogP contribution in [0, 0.1) is 10.1 Å². The smallest absolute Gasteiger partial charge is 0.315 e. The van der Waals surface area contributed by atoms with Crippen LogP contribution in [-0.4, -0.2) is 18.0 Å². The molecule has 0 atom stereocenters. The predicted molar refractivity (Wildman–Crippen MR) is 65.7 cm³/mol. The van der Waals surface area contributed by atoms with E-state index in [2.05, 4.69) is 0 Å². The van der Waals surface area contributed by atoms with E-state index in [0.717, 1.165) is 19.5 Å². The molecule has 0 fully saturated rings. The highest BCUT2D eigenvalue weighted by Crippen LogP contribution is 2.33. The summed E-state index contributed by atoms with van der Waals surface area (Å²) in [7, 11) is 0. The van der Waals surface area contributed by atoms with E-state index in [4.69, 9.17) is 5.73 Å². The van der Waals surface area contributed by atoms with Crippen molar-refractivity contribution in [3.63, 3.8) is 0 Å². The lowest BCUT2D eigenvalue weighted by atomic mass is 10.2. The van der Waals surface area contributed by atoms with E-state index in [1.54, 1.807) is 18.2 Å². The molecule has 0 saturated heterocycles. The summed E-state index contributed by atoms with van der Waals surface area (Å²) in [5.41, 5.74) is 6.48. The molecule has 5 heteroatoms. The van der Waals surface area contributed by atoms with E-state index in [1.165, 1.54) is 0 Å². The summed E-state index contributed by atoms with van der Waals surface area (Å²) in [6.45, 7) is 5.54. The van der Waals surface area contributed by atoms with Crippen LogP contribution in [0.5, 0.6) is 0 Å². The molecule has 5 nitrogen and oxygen atoms in total. The van der Waals surface area contributed by atoms with Crippen LogP contribution in [0.3, 0.4) is 0 Å². The zero-order valence-corrected chi connectivity index (χ0v) is 9.64. The molecular formula is C11H17N3O2. The first kappa shape index (κ1) is 12.3. The third-order valence-corrected chi connectivity index (χ3v) is 2.44. The summed E-state index contributed by atoms with van der Waals surface area (Å²) < 4.78 is 0. The molecule has 0 amide bonds. The van der Waals surface area contributed by atoms with Gasteiger partial charge in [-0.15, -0.1) is 0 Å². The summed E-state index contributed by atoms with van der Waals surface area (Å²) in [5, 5.41) is 11.0. The molecule has 0 saturated carbocycles. The minimum absolute atomic E-state index is 0.0119. The molecule has 16 heavy (non-hydrogen) atoms. The van der Waals surface area contributed by atoms with Gasteiger partial charge in [0.05, 0.1) is 4.92 Å². The fourth-order valence-electron chi connectivity index (χ4n) is 1.72. The van der Waals surface area contributed by atoms with Crippen LogP contribution in [0.15, 0.2) is 18.2 Å². The number of nitro groups is 1. The number of nitro benzene ring substituents is 1. The maximum atomic E-state index is 11.0. The summed E-state index contributed by atoms with van der Waals surface area (Å²) in [4.78, 5) is 12.5. The number of nitrogens with two attached hydrogens (primary N) is 1. The van der Waals surface area contributed by atoms with Crippen molar-refractivity contribution in [2.45, 2.75) is 20.3 Å². The summed E-state index contributed by atoms with van der Waals surface area (Å²) in [5.74, 6) is 0. The van der Waals surface area contributed by atoms with Gasteiger partial charge in [0.25, 0.3) is 0 Å². The van der Waals surface area contributed by atoms with E-state index >= 15 is 0 Å². The molecule has 0 bridgehead atoms. The SMILES string of the molecule is CCCN(CC)c1cccc(N)c1[N+](=O)[O-]. The second kappa shape index (κ2) is 5.34. The van der Waals surface area contributed by atoms with Crippen molar-refractivity contribution in [2.75, 3.05) is 23.7 Å². The first-order valence-electron chi connectivity index (χ1n) is 5.39. The molecule has 1 rings (SSSR count).